The predicted octanol–water partition coefficient (Wildman–Crippen LogP) is -0.783. The van der Waals surface area contributed by atoms with Crippen molar-refractivity contribution in [1.29, 1.82) is 0 Å². The van der Waals surface area contributed by atoms with Crippen LogP contribution < -0.4 is 44.1 Å². The molecule has 0 aliphatic carbocycles. The number of imidazole rings is 1. The molecule has 41 heavy (non-hydrogen) atoms. The van der Waals surface area contributed by atoms with E-state index in [0.717, 1.165) is 9.66 Å². The Kier molecular flexibility index (Phi) is 9.34. The summed E-state index contributed by atoms with van der Waals surface area (Å²) in [6, 6.07) is 15.7. The smallest absolute Gasteiger partial charge is 0.546 e. The first-order valence-corrected chi connectivity index (χ1v) is 14.7. The van der Waals surface area contributed by atoms with Gasteiger partial charge in [0, 0.05) is 29.8 Å². The molecule has 0 amide bonds. The minimum absolute atomic E-state index is 0. The number of methoxy groups -OCH3 is 1. The number of hydrogen-bond acceptors (Lipinski definition) is 9. The summed E-state index contributed by atoms with van der Waals surface area (Å²) < 4.78 is 54.9. The summed E-state index contributed by atoms with van der Waals surface area (Å²) in [5.74, 6) is -0.782. The Bertz CT molecular complexity index is 1840. The molecule has 0 aliphatic rings. The van der Waals surface area contributed by atoms with E-state index in [-0.39, 0.29) is 56.6 Å². The van der Waals surface area contributed by atoms with Gasteiger partial charge in [0.15, 0.2) is 0 Å². The van der Waals surface area contributed by atoms with Crippen molar-refractivity contribution in [1.82, 2.24) is 18.5 Å². The first kappa shape index (κ1) is 30.5. The van der Waals surface area contributed by atoms with E-state index < -0.39 is 33.4 Å². The van der Waals surface area contributed by atoms with Gasteiger partial charge in [-0.05, 0) is 67.6 Å². The number of benzene rings is 2. The second kappa shape index (κ2) is 12.6. The zero-order chi connectivity index (χ0) is 28.4. The van der Waals surface area contributed by atoms with Crippen LogP contribution in [0.25, 0.3) is 16.7 Å². The van der Waals surface area contributed by atoms with E-state index in [1.807, 2.05) is 29.1 Å². The Morgan fingerprint density at radius 3 is 2.44 bits per heavy atom. The fraction of sp³-hybridized carbons (Fsp3) is 0.148. The summed E-state index contributed by atoms with van der Waals surface area (Å²) >= 11 is 0. The predicted molar refractivity (Wildman–Crippen MR) is 144 cm³/mol. The molecule has 0 fully saturated rings. The van der Waals surface area contributed by atoms with Gasteiger partial charge in [-0.1, -0.05) is 0 Å². The topological polar surface area (TPSA) is 145 Å². The summed E-state index contributed by atoms with van der Waals surface area (Å²) in [6.45, 7) is 1.11. The summed E-state index contributed by atoms with van der Waals surface area (Å²) in [4.78, 5) is 19.4. The maximum Gasteiger partial charge on any atom is 1.00 e. The largest absolute Gasteiger partial charge is 1.00 e. The van der Waals surface area contributed by atoms with Gasteiger partial charge >= 0.3 is 29.6 Å². The number of hydrogen-bond donors (Lipinski definition) is 0. The van der Waals surface area contributed by atoms with Crippen molar-refractivity contribution in [2.75, 3.05) is 13.7 Å². The molecule has 1 unspecified atom stereocenters. The molecule has 0 saturated carbocycles. The maximum absolute atomic E-state index is 13.9. The maximum atomic E-state index is 13.9. The van der Waals surface area contributed by atoms with E-state index in [9.17, 15) is 22.5 Å². The third kappa shape index (κ3) is 6.23. The summed E-state index contributed by atoms with van der Waals surface area (Å²) in [5.41, 5.74) is 2.49. The Morgan fingerprint density at radius 1 is 1.07 bits per heavy atom. The molecule has 3 heterocycles. The quantitative estimate of drug-likeness (QED) is 0.188. The van der Waals surface area contributed by atoms with Gasteiger partial charge in [0.25, 0.3) is 10.0 Å². The number of carbonyl (C=O) groups is 1. The van der Waals surface area contributed by atoms with E-state index >= 15 is 0 Å². The number of fused-ring (bicyclic) bond motifs is 1. The van der Waals surface area contributed by atoms with Crippen molar-refractivity contribution in [2.45, 2.75) is 22.7 Å². The second-order valence-electron chi connectivity index (χ2n) is 8.63. The number of pyridine rings is 1. The van der Waals surface area contributed by atoms with Gasteiger partial charge in [0.2, 0.25) is 5.16 Å². The Balaban J connectivity index is 0.00000387. The zero-order valence-electron chi connectivity index (χ0n) is 22.4. The van der Waals surface area contributed by atoms with Crippen LogP contribution in [0, 0.1) is 6.92 Å². The van der Waals surface area contributed by atoms with Crippen molar-refractivity contribution >= 4 is 37.8 Å². The van der Waals surface area contributed by atoms with Gasteiger partial charge in [-0.3, -0.25) is 9.19 Å². The fourth-order valence-electron chi connectivity index (χ4n) is 4.14. The Hall–Kier alpha value is -3.49. The molecule has 0 aliphatic heterocycles. The van der Waals surface area contributed by atoms with Crippen LogP contribution >= 0.6 is 0 Å². The number of carboxylic acids is 1. The number of ether oxygens (including phenoxy) is 2. The zero-order valence-corrected chi connectivity index (χ0v) is 26.0. The molecular formula is C27H23N4NaO7S2. The molecule has 0 radical (unpaired) electrons. The van der Waals surface area contributed by atoms with E-state index in [1.165, 1.54) is 37.6 Å². The molecular weight excluding hydrogens is 579 g/mol. The minimum atomic E-state index is -4.30. The molecule has 0 N–H and O–H groups in total. The number of nitrogens with zero attached hydrogens (tertiary/aromatic N) is 4. The molecule has 3 aromatic heterocycles. The molecule has 11 nitrogen and oxygen atoms in total. The average molecular weight is 603 g/mol. The standard InChI is InChI=1S/C27H24N4O7S2.Na/c1-18-23(28-12-11-25(18)37-2)17-39(34)27-29-22-15-19(30-13-3-4-14-30)5-10-24(22)31(27)40(35,36)21-8-6-20(7-9-21)38-16-26(32)33;/h3-15H,16-17H2,1-2H3,(H,32,33);/q;+1/p-1. The number of carbonyl (C=O) groups excluding carboxylic acids is 1. The normalized spacial score (nSPS) is 12.0. The van der Waals surface area contributed by atoms with E-state index in [2.05, 4.69) is 9.97 Å². The molecule has 14 heteroatoms. The van der Waals surface area contributed by atoms with Gasteiger partial charge < -0.3 is 23.9 Å². The van der Waals surface area contributed by atoms with Crippen LogP contribution in [-0.4, -0.2) is 50.8 Å². The Morgan fingerprint density at radius 2 is 1.78 bits per heavy atom. The van der Waals surface area contributed by atoms with Gasteiger partial charge in [0.1, 0.15) is 18.1 Å². The minimum Gasteiger partial charge on any atom is -0.546 e. The van der Waals surface area contributed by atoms with E-state index in [1.54, 1.807) is 31.2 Å². The van der Waals surface area contributed by atoms with Crippen LogP contribution in [0.2, 0.25) is 0 Å². The summed E-state index contributed by atoms with van der Waals surface area (Å²) in [5, 5.41) is 10.5. The van der Waals surface area contributed by atoms with Crippen molar-refractivity contribution < 1.29 is 61.6 Å². The SMILES string of the molecule is COc1ccnc(CS(=O)c2nc3cc(-n4cccc4)ccc3n2S(=O)(=O)c2ccc(OCC(=O)[O-])cc2)c1C.[Na+]. The summed E-state index contributed by atoms with van der Waals surface area (Å²) in [7, 11) is -4.71. The molecule has 0 bridgehead atoms. The van der Waals surface area contributed by atoms with Crippen molar-refractivity contribution in [3.05, 3.63) is 90.5 Å². The van der Waals surface area contributed by atoms with Crippen LogP contribution in [0.4, 0.5) is 0 Å². The van der Waals surface area contributed by atoms with Crippen molar-refractivity contribution in [3.63, 3.8) is 0 Å². The van der Waals surface area contributed by atoms with Crippen molar-refractivity contribution in [3.8, 4) is 17.2 Å². The third-order valence-electron chi connectivity index (χ3n) is 6.14. The van der Waals surface area contributed by atoms with Crippen LogP contribution in [-0.2, 0) is 31.4 Å². The second-order valence-corrected chi connectivity index (χ2v) is 11.8. The molecule has 0 spiro atoms. The van der Waals surface area contributed by atoms with Gasteiger partial charge in [-0.25, -0.2) is 17.4 Å². The number of rotatable bonds is 10. The van der Waals surface area contributed by atoms with Crippen LogP contribution in [0.15, 0.2) is 89.3 Å². The number of carboxylic acid groups (broad SMARTS) is 1. The molecule has 206 valence electrons. The monoisotopic (exact) mass is 602 g/mol. The molecule has 5 aromatic rings. The average Bonchev–Trinajstić information content (AvgIpc) is 3.62. The Labute approximate surface area is 260 Å². The van der Waals surface area contributed by atoms with E-state index in [0.29, 0.717) is 22.5 Å². The van der Waals surface area contributed by atoms with Gasteiger partial charge in [0.05, 0.1) is 51.3 Å². The van der Waals surface area contributed by atoms with Gasteiger partial charge in [-0.15, -0.1) is 0 Å². The molecule has 5 rings (SSSR count). The molecule has 0 saturated heterocycles. The first-order valence-electron chi connectivity index (χ1n) is 11.9. The van der Waals surface area contributed by atoms with Crippen LogP contribution in [0.3, 0.4) is 0 Å². The molecule has 2 aromatic carbocycles. The van der Waals surface area contributed by atoms with E-state index in [4.69, 9.17) is 9.47 Å². The van der Waals surface area contributed by atoms with Crippen LogP contribution in [0.5, 0.6) is 11.5 Å². The molecule has 1 atom stereocenters. The summed E-state index contributed by atoms with van der Waals surface area (Å²) in [6.07, 6.45) is 5.22. The fourth-order valence-corrected chi connectivity index (χ4v) is 7.18. The number of aliphatic carboxylic acids is 1. The van der Waals surface area contributed by atoms with Crippen LogP contribution in [0.1, 0.15) is 11.3 Å². The first-order chi connectivity index (χ1) is 19.2. The van der Waals surface area contributed by atoms with Gasteiger partial charge in [-0.2, -0.15) is 0 Å². The third-order valence-corrected chi connectivity index (χ3v) is 9.19. The van der Waals surface area contributed by atoms with Crippen molar-refractivity contribution in [2.24, 2.45) is 0 Å². The number of aromatic nitrogens is 4.